The molecule has 3 N–H and O–H groups in total. The van der Waals surface area contributed by atoms with E-state index in [2.05, 4.69) is 30.5 Å². The SMILES string of the molecule is CCCCC/C=C\CCCCCCCC(=O)OC[C@H](COP(=O)(O)OC[C@@H](O)CO)OC(=O)CCCCCCCCCCCCCCCC. The van der Waals surface area contributed by atoms with Crippen LogP contribution in [0, 0.1) is 0 Å². The van der Waals surface area contributed by atoms with Crippen molar-refractivity contribution >= 4 is 19.8 Å². The van der Waals surface area contributed by atoms with Crippen LogP contribution >= 0.6 is 7.82 Å². The van der Waals surface area contributed by atoms with Gasteiger partial charge in [-0.05, 0) is 38.5 Å². The monoisotopic (exact) mass is 720 g/mol. The third-order valence-electron chi connectivity index (χ3n) is 8.42. The number of rotatable bonds is 37. The van der Waals surface area contributed by atoms with E-state index >= 15 is 0 Å². The Labute approximate surface area is 298 Å². The predicted molar refractivity (Wildman–Crippen MR) is 196 cm³/mol. The van der Waals surface area contributed by atoms with Crippen molar-refractivity contribution in [2.75, 3.05) is 26.4 Å². The molecule has 10 nitrogen and oxygen atoms in total. The van der Waals surface area contributed by atoms with Crippen LogP contribution in [0.1, 0.15) is 181 Å². The lowest BCUT2D eigenvalue weighted by atomic mass is 10.0. The second-order valence-corrected chi connectivity index (χ2v) is 14.8. The quantitative estimate of drug-likeness (QED) is 0.0245. The van der Waals surface area contributed by atoms with Crippen molar-refractivity contribution in [1.82, 2.24) is 0 Å². The van der Waals surface area contributed by atoms with E-state index in [1.54, 1.807) is 0 Å². The first-order valence-electron chi connectivity index (χ1n) is 19.6. The summed E-state index contributed by atoms with van der Waals surface area (Å²) in [4.78, 5) is 34.8. The number of allylic oxidation sites excluding steroid dienone is 2. The second kappa shape index (κ2) is 35.1. The molecule has 0 bridgehead atoms. The van der Waals surface area contributed by atoms with E-state index in [-0.39, 0.29) is 19.4 Å². The van der Waals surface area contributed by atoms with Crippen molar-refractivity contribution in [3.05, 3.63) is 12.2 Å². The van der Waals surface area contributed by atoms with E-state index in [1.807, 2.05) is 0 Å². The Kier molecular flexibility index (Phi) is 34.2. The van der Waals surface area contributed by atoms with Crippen molar-refractivity contribution < 1.29 is 47.8 Å². The summed E-state index contributed by atoms with van der Waals surface area (Å²) in [5.41, 5.74) is 0. The lowest BCUT2D eigenvalue weighted by Gasteiger charge is -2.20. The van der Waals surface area contributed by atoms with Crippen molar-refractivity contribution in [3.8, 4) is 0 Å². The fraction of sp³-hybridized carbons (Fsp3) is 0.895. The average Bonchev–Trinajstić information content (AvgIpc) is 3.09. The first-order chi connectivity index (χ1) is 23.7. The highest BCUT2D eigenvalue weighted by Crippen LogP contribution is 2.43. The van der Waals surface area contributed by atoms with Gasteiger partial charge in [-0.15, -0.1) is 0 Å². The summed E-state index contributed by atoms with van der Waals surface area (Å²) in [6, 6.07) is 0. The highest BCUT2D eigenvalue weighted by Gasteiger charge is 2.27. The number of hydrogen-bond acceptors (Lipinski definition) is 9. The summed E-state index contributed by atoms with van der Waals surface area (Å²) in [7, 11) is -4.61. The van der Waals surface area contributed by atoms with Crippen LogP contribution in [0.2, 0.25) is 0 Å². The van der Waals surface area contributed by atoms with Crippen LogP contribution in [0.25, 0.3) is 0 Å². The fourth-order valence-corrected chi connectivity index (χ4v) is 6.13. The van der Waals surface area contributed by atoms with Crippen LogP contribution in [-0.2, 0) is 32.7 Å². The molecule has 11 heteroatoms. The molecule has 0 saturated heterocycles. The number of aliphatic hydroxyl groups excluding tert-OH is 2. The summed E-state index contributed by atoms with van der Waals surface area (Å²) in [6.45, 7) is 2.35. The summed E-state index contributed by atoms with van der Waals surface area (Å²) < 4.78 is 32.6. The Morgan fingerprint density at radius 3 is 1.51 bits per heavy atom. The van der Waals surface area contributed by atoms with Crippen molar-refractivity contribution in [1.29, 1.82) is 0 Å². The molecule has 1 unspecified atom stereocenters. The average molecular weight is 721 g/mol. The molecular weight excluding hydrogens is 647 g/mol. The number of ether oxygens (including phenoxy) is 2. The molecule has 3 atom stereocenters. The fourth-order valence-electron chi connectivity index (χ4n) is 5.34. The minimum atomic E-state index is -4.61. The molecule has 0 aliphatic heterocycles. The van der Waals surface area contributed by atoms with Gasteiger partial charge in [-0.2, -0.15) is 0 Å². The third kappa shape index (κ3) is 34.9. The highest BCUT2D eigenvalue weighted by molar-refractivity contribution is 7.47. The van der Waals surface area contributed by atoms with E-state index in [4.69, 9.17) is 19.1 Å². The molecule has 49 heavy (non-hydrogen) atoms. The largest absolute Gasteiger partial charge is 0.472 e. The van der Waals surface area contributed by atoms with E-state index in [1.165, 1.54) is 83.5 Å². The van der Waals surface area contributed by atoms with Gasteiger partial charge in [0.25, 0.3) is 0 Å². The smallest absolute Gasteiger partial charge is 0.462 e. The van der Waals surface area contributed by atoms with Crippen LogP contribution < -0.4 is 0 Å². The van der Waals surface area contributed by atoms with E-state index in [9.17, 15) is 24.2 Å². The maximum atomic E-state index is 12.5. The molecule has 0 amide bonds. The van der Waals surface area contributed by atoms with Crippen LogP contribution in [0.4, 0.5) is 0 Å². The van der Waals surface area contributed by atoms with Gasteiger partial charge in [-0.3, -0.25) is 18.6 Å². The lowest BCUT2D eigenvalue weighted by Crippen LogP contribution is -2.29. The van der Waals surface area contributed by atoms with Gasteiger partial charge in [0.15, 0.2) is 6.10 Å². The molecule has 0 heterocycles. The Bertz CT molecular complexity index is 837. The molecule has 0 aromatic carbocycles. The van der Waals surface area contributed by atoms with Gasteiger partial charge in [0.1, 0.15) is 12.7 Å². The molecule has 0 spiro atoms. The summed E-state index contributed by atoms with van der Waals surface area (Å²) in [5.74, 6) is -0.929. The molecule has 0 fully saturated rings. The first-order valence-corrected chi connectivity index (χ1v) is 21.1. The Morgan fingerprint density at radius 1 is 0.592 bits per heavy atom. The zero-order valence-corrected chi connectivity index (χ0v) is 32.1. The summed E-state index contributed by atoms with van der Waals surface area (Å²) in [6.07, 6.45) is 30.3. The topological polar surface area (TPSA) is 149 Å². The van der Waals surface area contributed by atoms with Crippen molar-refractivity contribution in [3.63, 3.8) is 0 Å². The third-order valence-corrected chi connectivity index (χ3v) is 9.37. The molecule has 0 rings (SSSR count). The van der Waals surface area contributed by atoms with Crippen LogP contribution in [0.3, 0.4) is 0 Å². The molecule has 0 radical (unpaired) electrons. The minimum Gasteiger partial charge on any atom is -0.462 e. The molecule has 0 aromatic rings. The Hall–Kier alpha value is -1.29. The minimum absolute atomic E-state index is 0.188. The van der Waals surface area contributed by atoms with Crippen LogP contribution in [-0.4, -0.2) is 65.7 Å². The highest BCUT2D eigenvalue weighted by atomic mass is 31.2. The van der Waals surface area contributed by atoms with Gasteiger partial charge < -0.3 is 24.6 Å². The van der Waals surface area contributed by atoms with Gasteiger partial charge in [0.2, 0.25) is 0 Å². The number of unbranched alkanes of at least 4 members (excludes halogenated alkanes) is 21. The number of carbonyl (C=O) groups excluding carboxylic acids is 2. The molecule has 0 aliphatic rings. The van der Waals surface area contributed by atoms with Gasteiger partial charge in [-0.1, -0.05) is 142 Å². The molecule has 290 valence electrons. The number of esters is 2. The number of hydrogen-bond donors (Lipinski definition) is 3. The van der Waals surface area contributed by atoms with Crippen LogP contribution in [0.5, 0.6) is 0 Å². The van der Waals surface area contributed by atoms with Crippen molar-refractivity contribution in [2.24, 2.45) is 0 Å². The van der Waals surface area contributed by atoms with Gasteiger partial charge in [0.05, 0.1) is 19.8 Å². The Morgan fingerprint density at radius 2 is 1.00 bits per heavy atom. The summed E-state index contributed by atoms with van der Waals surface area (Å²) in [5, 5.41) is 18.3. The van der Waals surface area contributed by atoms with Gasteiger partial charge in [-0.25, -0.2) is 4.57 Å². The maximum Gasteiger partial charge on any atom is 0.472 e. The zero-order chi connectivity index (χ0) is 36.3. The van der Waals surface area contributed by atoms with E-state index < -0.39 is 51.8 Å². The Balaban J connectivity index is 4.34. The number of phosphoric acid groups is 1. The van der Waals surface area contributed by atoms with Gasteiger partial charge in [0, 0.05) is 12.8 Å². The van der Waals surface area contributed by atoms with Crippen molar-refractivity contribution in [2.45, 2.75) is 193 Å². The number of phosphoric ester groups is 1. The zero-order valence-electron chi connectivity index (χ0n) is 31.2. The maximum absolute atomic E-state index is 12.5. The molecule has 0 aliphatic carbocycles. The first kappa shape index (κ1) is 47.7. The number of carbonyl (C=O) groups is 2. The van der Waals surface area contributed by atoms with Gasteiger partial charge >= 0.3 is 19.8 Å². The lowest BCUT2D eigenvalue weighted by molar-refractivity contribution is -0.161. The normalized spacial score (nSPS) is 14.1. The predicted octanol–water partition coefficient (Wildman–Crippen LogP) is 9.67. The number of aliphatic hydroxyl groups is 2. The standard InChI is InChI=1S/C38H73O10P/c1-3-5-7-9-11-13-15-17-18-20-22-24-26-28-30-38(42)48-36(34-47-49(43,44)46-32-35(40)31-39)33-45-37(41)29-27-25-23-21-19-16-14-12-10-8-6-4-2/h12,14,35-36,39-40H,3-11,13,15-34H2,1-2H3,(H,43,44)/b14-12-/t35-,36+/m0/s1. The molecule has 0 aromatic heterocycles. The summed E-state index contributed by atoms with van der Waals surface area (Å²) >= 11 is 0. The van der Waals surface area contributed by atoms with Crippen LogP contribution in [0.15, 0.2) is 12.2 Å². The second-order valence-electron chi connectivity index (χ2n) is 13.3. The molecular formula is C38H73O10P. The molecule has 0 saturated carbocycles. The van der Waals surface area contributed by atoms with E-state index in [0.717, 1.165) is 57.8 Å². The van der Waals surface area contributed by atoms with E-state index in [0.29, 0.717) is 12.8 Å².